The molecule has 0 saturated heterocycles. The molecule has 0 radical (unpaired) electrons. The lowest BCUT2D eigenvalue weighted by Gasteiger charge is -2.05. The van der Waals surface area contributed by atoms with Crippen LogP contribution in [0.25, 0.3) is 33.4 Å². The Kier molecular flexibility index (Phi) is 2.79. The normalized spacial score (nSPS) is 10.9. The zero-order chi connectivity index (χ0) is 14.1. The summed E-state index contributed by atoms with van der Waals surface area (Å²) in [5.41, 5.74) is 5.64. The Labute approximate surface area is 123 Å². The predicted molar refractivity (Wildman–Crippen MR) is 87.0 cm³/mol. The second kappa shape index (κ2) is 4.91. The monoisotopic (exact) mass is 270 g/mol. The first-order chi connectivity index (χ1) is 10.4. The maximum absolute atomic E-state index is 4.46. The number of H-pyrrole nitrogens is 1. The van der Waals surface area contributed by atoms with E-state index >= 15 is 0 Å². The van der Waals surface area contributed by atoms with Crippen LogP contribution < -0.4 is 0 Å². The average molecular weight is 270 g/mol. The largest absolute Gasteiger partial charge is 0.339 e. The fourth-order valence-electron chi connectivity index (χ4n) is 2.75. The number of aromatic nitrogens is 2. The van der Waals surface area contributed by atoms with Crippen LogP contribution in [-0.4, -0.2) is 9.97 Å². The van der Waals surface area contributed by atoms with Gasteiger partial charge in [0, 0.05) is 17.1 Å². The molecule has 0 aliphatic heterocycles. The second-order valence-electron chi connectivity index (χ2n) is 5.01. The van der Waals surface area contributed by atoms with Crippen molar-refractivity contribution in [2.24, 2.45) is 0 Å². The minimum absolute atomic E-state index is 0.926. The number of aromatic amines is 1. The van der Waals surface area contributed by atoms with Crippen LogP contribution >= 0.6 is 0 Å². The molecule has 1 N–H and O–H groups in total. The van der Waals surface area contributed by atoms with Crippen molar-refractivity contribution in [3.8, 4) is 22.4 Å². The molecule has 2 aromatic heterocycles. The van der Waals surface area contributed by atoms with Gasteiger partial charge in [0.05, 0.1) is 5.69 Å². The lowest BCUT2D eigenvalue weighted by Crippen LogP contribution is -1.82. The van der Waals surface area contributed by atoms with Gasteiger partial charge < -0.3 is 4.98 Å². The molecule has 2 aromatic carbocycles. The van der Waals surface area contributed by atoms with E-state index in [0.717, 1.165) is 16.7 Å². The first kappa shape index (κ1) is 11.9. The maximum Gasteiger partial charge on any atom is 0.138 e. The first-order valence-electron chi connectivity index (χ1n) is 7.01. The summed E-state index contributed by atoms with van der Waals surface area (Å²) in [6.45, 7) is 0. The molecule has 0 atom stereocenters. The Bertz CT molecular complexity index is 877. The van der Waals surface area contributed by atoms with Gasteiger partial charge in [-0.3, -0.25) is 0 Å². The van der Waals surface area contributed by atoms with Gasteiger partial charge >= 0.3 is 0 Å². The van der Waals surface area contributed by atoms with Crippen LogP contribution in [0.4, 0.5) is 0 Å². The molecule has 4 aromatic rings. The number of rotatable bonds is 2. The van der Waals surface area contributed by atoms with E-state index in [1.54, 1.807) is 0 Å². The molecule has 2 heteroatoms. The van der Waals surface area contributed by atoms with Gasteiger partial charge in [0.25, 0.3) is 0 Å². The summed E-state index contributed by atoms with van der Waals surface area (Å²) in [6, 6.07) is 25.0. The Balaban J connectivity index is 2.07. The standard InChI is InChI=1S/C19H14N2/c1-3-8-14(9-4-1)17-16-12-7-13-20-19(16)21-18(17)15-10-5-2-6-11-15/h1-13H,(H,20,21). The third kappa shape index (κ3) is 2.01. The highest BCUT2D eigenvalue weighted by molar-refractivity contribution is 6.02. The molecule has 0 spiro atoms. The van der Waals surface area contributed by atoms with Crippen LogP contribution in [0.2, 0.25) is 0 Å². The molecule has 0 aliphatic rings. The van der Waals surface area contributed by atoms with Crippen molar-refractivity contribution in [3.05, 3.63) is 79.0 Å². The molecule has 2 nitrogen and oxygen atoms in total. The van der Waals surface area contributed by atoms with Crippen molar-refractivity contribution in [3.63, 3.8) is 0 Å². The van der Waals surface area contributed by atoms with Crippen molar-refractivity contribution in [2.75, 3.05) is 0 Å². The fraction of sp³-hybridized carbons (Fsp3) is 0. The Hall–Kier alpha value is -2.87. The van der Waals surface area contributed by atoms with Crippen molar-refractivity contribution < 1.29 is 0 Å². The summed E-state index contributed by atoms with van der Waals surface area (Å²) in [5, 5.41) is 1.16. The van der Waals surface area contributed by atoms with E-state index in [2.05, 4.69) is 64.6 Å². The quantitative estimate of drug-likeness (QED) is 0.551. The molecule has 0 saturated carbocycles. The molecular weight excluding hydrogens is 256 g/mol. The molecule has 0 bridgehead atoms. The fourth-order valence-corrected chi connectivity index (χ4v) is 2.75. The van der Waals surface area contributed by atoms with E-state index in [4.69, 9.17) is 0 Å². The molecular formula is C19H14N2. The third-order valence-corrected chi connectivity index (χ3v) is 3.70. The predicted octanol–water partition coefficient (Wildman–Crippen LogP) is 4.90. The van der Waals surface area contributed by atoms with Crippen molar-refractivity contribution in [2.45, 2.75) is 0 Å². The summed E-state index contributed by atoms with van der Waals surface area (Å²) in [7, 11) is 0. The van der Waals surface area contributed by atoms with Gasteiger partial charge in [0.2, 0.25) is 0 Å². The SMILES string of the molecule is c1ccc(-c2[nH]c3ncccc3c2-c2ccccc2)cc1. The molecule has 100 valence electrons. The summed E-state index contributed by atoms with van der Waals surface area (Å²) in [5.74, 6) is 0. The van der Waals surface area contributed by atoms with Gasteiger partial charge in [-0.25, -0.2) is 4.98 Å². The van der Waals surface area contributed by atoms with E-state index in [-0.39, 0.29) is 0 Å². The highest BCUT2D eigenvalue weighted by atomic mass is 14.9. The van der Waals surface area contributed by atoms with Crippen LogP contribution in [-0.2, 0) is 0 Å². The molecule has 21 heavy (non-hydrogen) atoms. The first-order valence-corrected chi connectivity index (χ1v) is 7.01. The number of nitrogens with one attached hydrogen (secondary N) is 1. The maximum atomic E-state index is 4.46. The lowest BCUT2D eigenvalue weighted by molar-refractivity contribution is 1.32. The number of hydrogen-bond donors (Lipinski definition) is 1. The van der Waals surface area contributed by atoms with Crippen molar-refractivity contribution in [1.29, 1.82) is 0 Å². The van der Waals surface area contributed by atoms with Crippen molar-refractivity contribution in [1.82, 2.24) is 9.97 Å². The van der Waals surface area contributed by atoms with E-state index in [0.29, 0.717) is 0 Å². The van der Waals surface area contributed by atoms with Gasteiger partial charge in [-0.1, -0.05) is 60.7 Å². The lowest BCUT2D eigenvalue weighted by atomic mass is 9.99. The highest BCUT2D eigenvalue weighted by Crippen LogP contribution is 2.37. The number of hydrogen-bond acceptors (Lipinski definition) is 1. The Morgan fingerprint density at radius 1 is 0.667 bits per heavy atom. The summed E-state index contributed by atoms with van der Waals surface area (Å²) in [6.07, 6.45) is 1.82. The third-order valence-electron chi connectivity index (χ3n) is 3.70. The average Bonchev–Trinajstić information content (AvgIpc) is 2.96. The van der Waals surface area contributed by atoms with Crippen LogP contribution in [0.5, 0.6) is 0 Å². The zero-order valence-corrected chi connectivity index (χ0v) is 11.5. The topological polar surface area (TPSA) is 28.7 Å². The minimum atomic E-state index is 0.926. The number of nitrogens with zero attached hydrogens (tertiary/aromatic N) is 1. The van der Waals surface area contributed by atoms with Gasteiger partial charge in [0.1, 0.15) is 5.65 Å². The van der Waals surface area contributed by atoms with Crippen molar-refractivity contribution >= 4 is 11.0 Å². The summed E-state index contributed by atoms with van der Waals surface area (Å²) >= 11 is 0. The number of benzene rings is 2. The van der Waals surface area contributed by atoms with Gasteiger partial charge in [-0.2, -0.15) is 0 Å². The molecule has 2 heterocycles. The van der Waals surface area contributed by atoms with Gasteiger partial charge in [-0.15, -0.1) is 0 Å². The molecule has 0 amide bonds. The van der Waals surface area contributed by atoms with Crippen LogP contribution in [0.15, 0.2) is 79.0 Å². The summed E-state index contributed by atoms with van der Waals surface area (Å²) < 4.78 is 0. The minimum Gasteiger partial charge on any atom is -0.339 e. The highest BCUT2D eigenvalue weighted by Gasteiger charge is 2.14. The van der Waals surface area contributed by atoms with Crippen LogP contribution in [0.1, 0.15) is 0 Å². The second-order valence-corrected chi connectivity index (χ2v) is 5.01. The van der Waals surface area contributed by atoms with Gasteiger partial charge in [0.15, 0.2) is 0 Å². The van der Waals surface area contributed by atoms with E-state index in [9.17, 15) is 0 Å². The van der Waals surface area contributed by atoms with E-state index in [1.165, 1.54) is 16.7 Å². The number of fused-ring (bicyclic) bond motifs is 1. The molecule has 0 aliphatic carbocycles. The van der Waals surface area contributed by atoms with E-state index < -0.39 is 0 Å². The smallest absolute Gasteiger partial charge is 0.138 e. The van der Waals surface area contributed by atoms with Crippen LogP contribution in [0.3, 0.4) is 0 Å². The zero-order valence-electron chi connectivity index (χ0n) is 11.5. The van der Waals surface area contributed by atoms with Crippen LogP contribution in [0, 0.1) is 0 Å². The molecule has 4 rings (SSSR count). The van der Waals surface area contributed by atoms with E-state index in [1.807, 2.05) is 24.4 Å². The molecule has 0 unspecified atom stereocenters. The Morgan fingerprint density at radius 2 is 1.33 bits per heavy atom. The van der Waals surface area contributed by atoms with Gasteiger partial charge in [-0.05, 0) is 23.3 Å². The molecule has 0 fully saturated rings. The Morgan fingerprint density at radius 3 is 2.05 bits per heavy atom. The number of pyridine rings is 1. The summed E-state index contributed by atoms with van der Waals surface area (Å²) in [4.78, 5) is 7.93.